The predicted molar refractivity (Wildman–Crippen MR) is 116 cm³/mol. The summed E-state index contributed by atoms with van der Waals surface area (Å²) >= 11 is 0. The molecular formula is C22H24N6O2. The van der Waals surface area contributed by atoms with Gasteiger partial charge in [-0.05, 0) is 26.0 Å². The van der Waals surface area contributed by atoms with E-state index in [2.05, 4.69) is 17.0 Å². The van der Waals surface area contributed by atoms with Crippen molar-refractivity contribution in [1.82, 2.24) is 24.3 Å². The molecule has 1 unspecified atom stereocenters. The molecule has 0 amide bonds. The first kappa shape index (κ1) is 18.6. The van der Waals surface area contributed by atoms with E-state index >= 15 is 0 Å². The second-order valence-corrected chi connectivity index (χ2v) is 7.75. The van der Waals surface area contributed by atoms with E-state index in [1.807, 2.05) is 61.6 Å². The van der Waals surface area contributed by atoms with Crippen molar-refractivity contribution in [1.29, 1.82) is 0 Å². The molecule has 3 aromatic heterocycles. The van der Waals surface area contributed by atoms with E-state index in [-0.39, 0.29) is 11.6 Å². The Kier molecular flexibility index (Phi) is 4.43. The van der Waals surface area contributed by atoms with Crippen LogP contribution >= 0.6 is 0 Å². The summed E-state index contributed by atoms with van der Waals surface area (Å²) in [6.07, 6.45) is 3.73. The van der Waals surface area contributed by atoms with Crippen molar-refractivity contribution in [2.75, 3.05) is 24.7 Å². The van der Waals surface area contributed by atoms with Gasteiger partial charge >= 0.3 is 0 Å². The average Bonchev–Trinajstić information content (AvgIpc) is 3.34. The van der Waals surface area contributed by atoms with E-state index in [4.69, 9.17) is 9.72 Å². The second kappa shape index (κ2) is 7.14. The number of morpholine rings is 1. The molecule has 0 radical (unpaired) electrons. The van der Waals surface area contributed by atoms with E-state index in [0.717, 1.165) is 27.9 Å². The van der Waals surface area contributed by atoms with Crippen molar-refractivity contribution in [3.63, 3.8) is 0 Å². The first-order chi connectivity index (χ1) is 14.5. The fraction of sp³-hybridized carbons (Fsp3) is 0.318. The number of aromatic amines is 1. The Bertz CT molecular complexity index is 1280. The monoisotopic (exact) mass is 404 g/mol. The quantitative estimate of drug-likeness (QED) is 0.568. The molecule has 1 fully saturated rings. The van der Waals surface area contributed by atoms with Crippen LogP contribution in [0, 0.1) is 6.92 Å². The highest BCUT2D eigenvalue weighted by Gasteiger charge is 2.25. The Balaban J connectivity index is 1.78. The third kappa shape index (κ3) is 3.00. The lowest BCUT2D eigenvalue weighted by molar-refractivity contribution is 0.0983. The van der Waals surface area contributed by atoms with Crippen LogP contribution in [0.5, 0.6) is 0 Å². The van der Waals surface area contributed by atoms with Crippen LogP contribution in [0.1, 0.15) is 12.6 Å². The fourth-order valence-corrected chi connectivity index (χ4v) is 4.14. The molecule has 0 spiro atoms. The number of hydrogen-bond acceptors (Lipinski definition) is 5. The third-order valence-corrected chi connectivity index (χ3v) is 5.62. The summed E-state index contributed by atoms with van der Waals surface area (Å²) in [6, 6.07) is 10.1. The van der Waals surface area contributed by atoms with Crippen LogP contribution in [-0.2, 0) is 11.8 Å². The summed E-state index contributed by atoms with van der Waals surface area (Å²) < 4.78 is 8.96. The fourth-order valence-electron chi connectivity index (χ4n) is 4.14. The van der Waals surface area contributed by atoms with Gasteiger partial charge in [0.25, 0.3) is 5.56 Å². The van der Waals surface area contributed by atoms with Crippen LogP contribution < -0.4 is 10.5 Å². The standard InChI is InChI=1S/C22H24N6O2/c1-14-11-20(26(3)25-14)28-12-19(16-5-4-6-18-17(16)7-8-23-18)24-21(22(28)29)27-9-10-30-13-15(27)2/h4-8,11-12,15,23H,9-10,13H2,1-3H3. The number of aromatic nitrogens is 5. The van der Waals surface area contributed by atoms with Gasteiger partial charge < -0.3 is 14.6 Å². The van der Waals surface area contributed by atoms with Crippen LogP contribution in [0.25, 0.3) is 28.0 Å². The van der Waals surface area contributed by atoms with Gasteiger partial charge in [0.15, 0.2) is 5.82 Å². The van der Waals surface area contributed by atoms with Gasteiger partial charge in [-0.3, -0.25) is 14.0 Å². The summed E-state index contributed by atoms with van der Waals surface area (Å²) in [6.45, 7) is 5.75. The summed E-state index contributed by atoms with van der Waals surface area (Å²) in [5.74, 6) is 1.15. The number of ether oxygens (including phenoxy) is 1. The van der Waals surface area contributed by atoms with Crippen molar-refractivity contribution in [3.05, 3.63) is 58.8 Å². The summed E-state index contributed by atoms with van der Waals surface area (Å²) in [5.41, 5.74) is 3.45. The summed E-state index contributed by atoms with van der Waals surface area (Å²) in [7, 11) is 1.85. The van der Waals surface area contributed by atoms with Crippen LogP contribution in [0.15, 0.2) is 47.5 Å². The molecule has 8 heteroatoms. The normalized spacial score (nSPS) is 17.0. The van der Waals surface area contributed by atoms with E-state index in [9.17, 15) is 4.79 Å². The maximum Gasteiger partial charge on any atom is 0.299 e. The molecule has 5 rings (SSSR count). The van der Waals surface area contributed by atoms with Crippen molar-refractivity contribution >= 4 is 16.7 Å². The van der Waals surface area contributed by atoms with Crippen molar-refractivity contribution in [2.24, 2.45) is 7.05 Å². The minimum atomic E-state index is -0.156. The van der Waals surface area contributed by atoms with E-state index in [1.165, 1.54) is 0 Å². The van der Waals surface area contributed by atoms with Gasteiger partial charge in [-0.15, -0.1) is 0 Å². The molecule has 1 saturated heterocycles. The molecule has 1 aliphatic heterocycles. The van der Waals surface area contributed by atoms with Gasteiger partial charge in [0.1, 0.15) is 5.82 Å². The Morgan fingerprint density at radius 1 is 1.27 bits per heavy atom. The van der Waals surface area contributed by atoms with Gasteiger partial charge in [-0.25, -0.2) is 4.98 Å². The SMILES string of the molecule is Cc1cc(-n2cc(-c3cccc4[nH]ccc34)nc(N3CCOCC3C)c2=O)n(C)n1. The zero-order chi connectivity index (χ0) is 20.8. The molecule has 8 nitrogen and oxygen atoms in total. The van der Waals surface area contributed by atoms with Gasteiger partial charge in [-0.1, -0.05) is 12.1 Å². The third-order valence-electron chi connectivity index (χ3n) is 5.62. The molecule has 0 bridgehead atoms. The largest absolute Gasteiger partial charge is 0.377 e. The topological polar surface area (TPSA) is 81.0 Å². The molecule has 154 valence electrons. The number of anilines is 1. The predicted octanol–water partition coefficient (Wildman–Crippen LogP) is 2.65. The number of nitrogens with one attached hydrogen (secondary N) is 1. The Hall–Kier alpha value is -3.39. The maximum atomic E-state index is 13.5. The highest BCUT2D eigenvalue weighted by atomic mass is 16.5. The highest BCUT2D eigenvalue weighted by molar-refractivity contribution is 5.94. The van der Waals surface area contributed by atoms with E-state index in [0.29, 0.717) is 31.4 Å². The van der Waals surface area contributed by atoms with Crippen LogP contribution in [0.4, 0.5) is 5.82 Å². The summed E-state index contributed by atoms with van der Waals surface area (Å²) in [4.78, 5) is 23.7. The zero-order valence-electron chi connectivity index (χ0n) is 17.3. The Labute approximate surface area is 173 Å². The smallest absolute Gasteiger partial charge is 0.299 e. The molecule has 4 heterocycles. The molecule has 1 N–H and O–H groups in total. The lowest BCUT2D eigenvalue weighted by atomic mass is 10.1. The van der Waals surface area contributed by atoms with Gasteiger partial charge in [0.05, 0.1) is 30.6 Å². The first-order valence-corrected chi connectivity index (χ1v) is 10.1. The van der Waals surface area contributed by atoms with Crippen molar-refractivity contribution in [3.8, 4) is 17.1 Å². The van der Waals surface area contributed by atoms with Gasteiger partial charge in [0.2, 0.25) is 0 Å². The van der Waals surface area contributed by atoms with E-state index in [1.54, 1.807) is 9.25 Å². The minimum absolute atomic E-state index is 0.0685. The molecular weight excluding hydrogens is 380 g/mol. The lowest BCUT2D eigenvalue weighted by Gasteiger charge is -2.34. The number of nitrogens with zero attached hydrogens (tertiary/aromatic N) is 5. The first-order valence-electron chi connectivity index (χ1n) is 10.1. The second-order valence-electron chi connectivity index (χ2n) is 7.75. The number of fused-ring (bicyclic) bond motifs is 1. The number of hydrogen-bond donors (Lipinski definition) is 1. The zero-order valence-corrected chi connectivity index (χ0v) is 17.3. The van der Waals surface area contributed by atoms with Crippen LogP contribution in [0.3, 0.4) is 0 Å². The van der Waals surface area contributed by atoms with Crippen molar-refractivity contribution < 1.29 is 4.74 Å². The number of benzene rings is 1. The van der Waals surface area contributed by atoms with Crippen LogP contribution in [-0.4, -0.2) is 50.1 Å². The molecule has 0 aliphatic carbocycles. The molecule has 30 heavy (non-hydrogen) atoms. The highest BCUT2D eigenvalue weighted by Crippen LogP contribution is 2.28. The average molecular weight is 404 g/mol. The van der Waals surface area contributed by atoms with Gasteiger partial charge in [0, 0.05) is 48.5 Å². The molecule has 0 saturated carbocycles. The van der Waals surface area contributed by atoms with E-state index < -0.39 is 0 Å². The molecule has 1 aromatic carbocycles. The Morgan fingerprint density at radius 2 is 2.13 bits per heavy atom. The number of rotatable bonds is 3. The minimum Gasteiger partial charge on any atom is -0.377 e. The Morgan fingerprint density at radius 3 is 2.90 bits per heavy atom. The maximum absolute atomic E-state index is 13.5. The van der Waals surface area contributed by atoms with Gasteiger partial charge in [-0.2, -0.15) is 5.10 Å². The number of aryl methyl sites for hydroxylation is 2. The number of H-pyrrole nitrogens is 1. The van der Waals surface area contributed by atoms with Crippen molar-refractivity contribution in [2.45, 2.75) is 19.9 Å². The summed E-state index contributed by atoms with van der Waals surface area (Å²) in [5, 5.41) is 5.49. The molecule has 1 atom stereocenters. The lowest BCUT2D eigenvalue weighted by Crippen LogP contribution is -2.47. The molecule has 4 aromatic rings. The molecule has 1 aliphatic rings. The van der Waals surface area contributed by atoms with Crippen LogP contribution in [0.2, 0.25) is 0 Å².